The Morgan fingerprint density at radius 2 is 1.41 bits per heavy atom. The molecule has 0 heterocycles. The number of nitrogens with one attached hydrogen (secondary N) is 2. The molecule has 0 fully saturated rings. The van der Waals surface area contributed by atoms with Crippen LogP contribution in [0, 0.1) is 0 Å². The van der Waals surface area contributed by atoms with E-state index in [-0.39, 0.29) is 17.0 Å². The normalized spacial score (nSPS) is 12.1. The Labute approximate surface area is 200 Å². The third-order valence-electron chi connectivity index (χ3n) is 5.04. The number of nitrogens with zero attached hydrogens (tertiary/aromatic N) is 1. The number of rotatable bonds is 7. The van der Waals surface area contributed by atoms with Gasteiger partial charge in [-0.3, -0.25) is 9.59 Å². The zero-order valence-electron chi connectivity index (χ0n) is 19.7. The summed E-state index contributed by atoms with van der Waals surface area (Å²) in [5, 5.41) is 6.74. The van der Waals surface area contributed by atoms with Crippen LogP contribution in [0.2, 0.25) is 0 Å². The minimum absolute atomic E-state index is 0.0633. The summed E-state index contributed by atoms with van der Waals surface area (Å²) in [7, 11) is 0. The van der Waals surface area contributed by atoms with Crippen LogP contribution in [-0.2, 0) is 10.2 Å². The van der Waals surface area contributed by atoms with E-state index in [1.165, 1.54) is 5.56 Å². The molecular formula is C29H29N3O2. The number of benzene rings is 3. The van der Waals surface area contributed by atoms with E-state index in [0.717, 1.165) is 11.1 Å². The van der Waals surface area contributed by atoms with Crippen LogP contribution in [0.25, 0.3) is 6.08 Å². The molecule has 0 atom stereocenters. The van der Waals surface area contributed by atoms with E-state index in [1.807, 2.05) is 66.7 Å². The van der Waals surface area contributed by atoms with E-state index in [4.69, 9.17) is 0 Å². The smallest absolute Gasteiger partial charge is 0.287 e. The van der Waals surface area contributed by atoms with Gasteiger partial charge in [-0.15, -0.1) is 0 Å². The van der Waals surface area contributed by atoms with Crippen molar-refractivity contribution in [2.75, 3.05) is 0 Å². The fourth-order valence-electron chi connectivity index (χ4n) is 3.07. The highest BCUT2D eigenvalue weighted by Crippen LogP contribution is 2.21. The van der Waals surface area contributed by atoms with E-state index >= 15 is 0 Å². The summed E-state index contributed by atoms with van der Waals surface area (Å²) >= 11 is 0. The SMILES string of the molecule is CC(C)(C)c1ccc(C=NNC(=O)C(=CC=Cc2ccccc2)NC(=O)c2ccccc2)cc1. The van der Waals surface area contributed by atoms with E-state index in [2.05, 4.69) is 36.6 Å². The van der Waals surface area contributed by atoms with Gasteiger partial charge in [0.2, 0.25) is 0 Å². The van der Waals surface area contributed by atoms with Gasteiger partial charge in [-0.05, 0) is 40.3 Å². The monoisotopic (exact) mass is 451 g/mol. The van der Waals surface area contributed by atoms with Crippen molar-refractivity contribution in [2.45, 2.75) is 26.2 Å². The molecule has 2 amide bonds. The number of carbonyl (C=O) groups is 2. The van der Waals surface area contributed by atoms with Crippen molar-refractivity contribution in [2.24, 2.45) is 5.10 Å². The standard InChI is InChI=1S/C29H29N3O2/c1-29(2,3)25-19-17-23(18-20-25)21-30-32-28(34)26(16-10-13-22-11-6-4-7-12-22)31-27(33)24-14-8-5-9-15-24/h4-21H,1-3H3,(H,31,33)(H,32,34). The molecule has 172 valence electrons. The number of hydrogen-bond donors (Lipinski definition) is 2. The molecule has 0 aromatic heterocycles. The first-order chi connectivity index (χ1) is 16.3. The zero-order valence-corrected chi connectivity index (χ0v) is 19.7. The predicted octanol–water partition coefficient (Wildman–Crippen LogP) is 5.46. The van der Waals surface area contributed by atoms with Crippen molar-refractivity contribution in [1.82, 2.24) is 10.7 Å². The second-order valence-electron chi connectivity index (χ2n) is 8.74. The average molecular weight is 452 g/mol. The summed E-state index contributed by atoms with van der Waals surface area (Å²) in [6.45, 7) is 6.46. The topological polar surface area (TPSA) is 70.6 Å². The van der Waals surface area contributed by atoms with E-state index < -0.39 is 5.91 Å². The maximum atomic E-state index is 12.8. The largest absolute Gasteiger partial charge is 0.317 e. The van der Waals surface area contributed by atoms with Crippen LogP contribution >= 0.6 is 0 Å². The fraction of sp³-hybridized carbons (Fsp3) is 0.138. The van der Waals surface area contributed by atoms with Crippen LogP contribution in [0.15, 0.2) is 108 Å². The molecule has 3 rings (SSSR count). The van der Waals surface area contributed by atoms with Gasteiger partial charge < -0.3 is 5.32 Å². The molecule has 0 unspecified atom stereocenters. The van der Waals surface area contributed by atoms with Gasteiger partial charge in [-0.1, -0.05) is 106 Å². The molecule has 0 bridgehead atoms. The lowest BCUT2D eigenvalue weighted by Gasteiger charge is -2.18. The lowest BCUT2D eigenvalue weighted by molar-refractivity contribution is -0.117. The lowest BCUT2D eigenvalue weighted by Crippen LogP contribution is -2.32. The first-order valence-electron chi connectivity index (χ1n) is 11.1. The first kappa shape index (κ1) is 24.4. The molecule has 5 heteroatoms. The second-order valence-corrected chi connectivity index (χ2v) is 8.74. The summed E-state index contributed by atoms with van der Waals surface area (Å²) in [6.07, 6.45) is 6.68. The first-order valence-corrected chi connectivity index (χ1v) is 11.1. The summed E-state index contributed by atoms with van der Waals surface area (Å²) in [5.74, 6) is -0.901. The van der Waals surface area contributed by atoms with Crippen LogP contribution in [0.1, 0.15) is 47.8 Å². The Morgan fingerprint density at radius 1 is 0.794 bits per heavy atom. The molecule has 0 aliphatic heterocycles. The van der Waals surface area contributed by atoms with E-state index in [9.17, 15) is 9.59 Å². The number of hydrazone groups is 1. The molecule has 0 saturated heterocycles. The third-order valence-corrected chi connectivity index (χ3v) is 5.04. The van der Waals surface area contributed by atoms with Gasteiger partial charge >= 0.3 is 0 Å². The minimum Gasteiger partial charge on any atom is -0.317 e. The summed E-state index contributed by atoms with van der Waals surface area (Å²) < 4.78 is 0. The predicted molar refractivity (Wildman–Crippen MR) is 138 cm³/mol. The Kier molecular flexibility index (Phi) is 8.30. The van der Waals surface area contributed by atoms with Crippen LogP contribution in [0.5, 0.6) is 0 Å². The Balaban J connectivity index is 1.72. The van der Waals surface area contributed by atoms with Gasteiger partial charge in [-0.2, -0.15) is 5.10 Å². The van der Waals surface area contributed by atoms with Gasteiger partial charge in [0.25, 0.3) is 11.8 Å². The maximum Gasteiger partial charge on any atom is 0.287 e. The van der Waals surface area contributed by atoms with Crippen molar-refractivity contribution < 1.29 is 9.59 Å². The summed E-state index contributed by atoms with van der Waals surface area (Å²) in [5.41, 5.74) is 6.15. The van der Waals surface area contributed by atoms with Crippen molar-refractivity contribution in [3.05, 3.63) is 125 Å². The molecule has 34 heavy (non-hydrogen) atoms. The number of allylic oxidation sites excluding steroid dienone is 2. The second kappa shape index (κ2) is 11.6. The van der Waals surface area contributed by atoms with Gasteiger partial charge in [0.05, 0.1) is 6.21 Å². The lowest BCUT2D eigenvalue weighted by atomic mass is 9.87. The molecule has 0 aliphatic rings. The average Bonchev–Trinajstić information content (AvgIpc) is 2.84. The quantitative estimate of drug-likeness (QED) is 0.217. The summed E-state index contributed by atoms with van der Waals surface area (Å²) in [4.78, 5) is 25.4. The summed E-state index contributed by atoms with van der Waals surface area (Å²) in [6, 6.07) is 26.4. The minimum atomic E-state index is -0.524. The molecule has 3 aromatic rings. The molecule has 0 radical (unpaired) electrons. The van der Waals surface area contributed by atoms with Gasteiger partial charge in [0.1, 0.15) is 5.70 Å². The van der Waals surface area contributed by atoms with Crippen molar-refractivity contribution in [1.29, 1.82) is 0 Å². The molecule has 0 aliphatic carbocycles. The fourth-order valence-corrected chi connectivity index (χ4v) is 3.07. The zero-order chi connectivity index (χ0) is 24.4. The van der Waals surface area contributed by atoms with Gasteiger partial charge in [-0.25, -0.2) is 5.43 Å². The third kappa shape index (κ3) is 7.41. The number of carbonyl (C=O) groups excluding carboxylic acids is 2. The Morgan fingerprint density at radius 3 is 2.03 bits per heavy atom. The Bertz CT molecular complexity index is 1190. The van der Waals surface area contributed by atoms with Crippen molar-refractivity contribution in [3.63, 3.8) is 0 Å². The number of hydrogen-bond acceptors (Lipinski definition) is 3. The van der Waals surface area contributed by atoms with E-state index in [1.54, 1.807) is 42.6 Å². The van der Waals surface area contributed by atoms with Crippen LogP contribution in [0.4, 0.5) is 0 Å². The number of amides is 2. The maximum absolute atomic E-state index is 12.8. The van der Waals surface area contributed by atoms with Crippen LogP contribution in [-0.4, -0.2) is 18.0 Å². The highest BCUT2D eigenvalue weighted by Gasteiger charge is 2.14. The molecule has 0 spiro atoms. The van der Waals surface area contributed by atoms with Gasteiger partial charge in [0, 0.05) is 5.56 Å². The molecule has 0 saturated carbocycles. The molecule has 3 aromatic carbocycles. The van der Waals surface area contributed by atoms with E-state index in [0.29, 0.717) is 5.56 Å². The van der Waals surface area contributed by atoms with Crippen molar-refractivity contribution >= 4 is 24.1 Å². The molecular weight excluding hydrogens is 422 g/mol. The van der Waals surface area contributed by atoms with Gasteiger partial charge in [0.15, 0.2) is 0 Å². The Hall–Kier alpha value is -4.25. The molecule has 5 nitrogen and oxygen atoms in total. The molecule has 2 N–H and O–H groups in total. The van der Waals surface area contributed by atoms with Crippen LogP contribution in [0.3, 0.4) is 0 Å². The highest BCUT2D eigenvalue weighted by molar-refractivity contribution is 6.03. The van der Waals surface area contributed by atoms with Crippen molar-refractivity contribution in [3.8, 4) is 0 Å². The van der Waals surface area contributed by atoms with Crippen LogP contribution < -0.4 is 10.7 Å². The highest BCUT2D eigenvalue weighted by atomic mass is 16.2.